The number of thioether (sulfide) groups is 1. The second-order valence-corrected chi connectivity index (χ2v) is 5.88. The topological polar surface area (TPSA) is 63.5 Å². The molecule has 0 radical (unpaired) electrons. The molecule has 0 aromatic heterocycles. The quantitative estimate of drug-likeness (QED) is 0.482. The van der Waals surface area contributed by atoms with Crippen LogP contribution in [0, 0.1) is 10.1 Å². The van der Waals surface area contributed by atoms with E-state index in [1.165, 1.54) is 6.07 Å². The Morgan fingerprint density at radius 2 is 2.37 bits per heavy atom. The van der Waals surface area contributed by atoms with Crippen LogP contribution in [-0.2, 0) is 0 Å². The number of nitrogens with zero attached hydrogens (tertiary/aromatic N) is 2. The van der Waals surface area contributed by atoms with Crippen LogP contribution in [0.15, 0.2) is 18.2 Å². The largest absolute Gasteiger partial charge is 0.364 e. The van der Waals surface area contributed by atoms with E-state index in [2.05, 4.69) is 11.8 Å². The van der Waals surface area contributed by atoms with Gasteiger partial charge in [-0.25, -0.2) is 0 Å². The predicted octanol–water partition coefficient (Wildman–Crippen LogP) is 2.74. The Hall–Kier alpha value is -1.56. The fraction of sp³-hybridized carbons (Fsp3) is 0.462. The molecule has 5 nitrogen and oxygen atoms in total. The molecule has 0 N–H and O–H groups in total. The van der Waals surface area contributed by atoms with Gasteiger partial charge in [0.05, 0.1) is 4.92 Å². The van der Waals surface area contributed by atoms with E-state index in [1.807, 2.05) is 11.8 Å². The van der Waals surface area contributed by atoms with Crippen LogP contribution < -0.4 is 4.90 Å². The van der Waals surface area contributed by atoms with Crippen LogP contribution in [0.5, 0.6) is 0 Å². The highest BCUT2D eigenvalue weighted by atomic mass is 32.2. The molecule has 1 atom stereocenters. The summed E-state index contributed by atoms with van der Waals surface area (Å²) < 4.78 is 0. The molecule has 1 heterocycles. The van der Waals surface area contributed by atoms with Gasteiger partial charge in [-0.2, -0.15) is 11.8 Å². The highest BCUT2D eigenvalue weighted by molar-refractivity contribution is 8.00. The third-order valence-electron chi connectivity index (χ3n) is 3.27. The summed E-state index contributed by atoms with van der Waals surface area (Å²) in [6.45, 7) is 3.76. The molecule has 0 aliphatic carbocycles. The second kappa shape index (κ2) is 6.06. The molecule has 6 heteroatoms. The number of nitro groups is 1. The van der Waals surface area contributed by atoms with Gasteiger partial charge in [0.25, 0.3) is 5.69 Å². The summed E-state index contributed by atoms with van der Waals surface area (Å²) in [5.41, 5.74) is 0.981. The Balaban J connectivity index is 2.32. The lowest BCUT2D eigenvalue weighted by atomic mass is 10.1. The maximum absolute atomic E-state index is 11.1. The van der Waals surface area contributed by atoms with Gasteiger partial charge in [0, 0.05) is 35.7 Å². The molecule has 0 saturated carbocycles. The molecular weight excluding hydrogens is 264 g/mol. The molecule has 2 rings (SSSR count). The van der Waals surface area contributed by atoms with Crippen molar-refractivity contribution in [3.05, 3.63) is 33.9 Å². The molecule has 0 spiro atoms. The zero-order valence-corrected chi connectivity index (χ0v) is 11.6. The van der Waals surface area contributed by atoms with Crippen molar-refractivity contribution in [3.8, 4) is 0 Å². The Labute approximate surface area is 116 Å². The van der Waals surface area contributed by atoms with Gasteiger partial charge < -0.3 is 4.90 Å². The van der Waals surface area contributed by atoms with E-state index in [0.717, 1.165) is 25.3 Å². The summed E-state index contributed by atoms with van der Waals surface area (Å²) >= 11 is 1.92. The van der Waals surface area contributed by atoms with Crippen LogP contribution in [0.4, 0.5) is 11.4 Å². The SMILES string of the molecule is CCC1CN(c2ccc(C=O)cc2[N+](=O)[O-])CCS1. The van der Waals surface area contributed by atoms with Crippen LogP contribution in [0.1, 0.15) is 23.7 Å². The molecule has 19 heavy (non-hydrogen) atoms. The number of benzene rings is 1. The van der Waals surface area contributed by atoms with Crippen LogP contribution >= 0.6 is 11.8 Å². The van der Waals surface area contributed by atoms with Gasteiger partial charge in [0.2, 0.25) is 0 Å². The summed E-state index contributed by atoms with van der Waals surface area (Å²) in [4.78, 5) is 23.5. The molecule has 1 aliphatic rings. The lowest BCUT2D eigenvalue weighted by Crippen LogP contribution is -2.37. The maximum atomic E-state index is 11.1. The highest BCUT2D eigenvalue weighted by Crippen LogP contribution is 2.32. The van der Waals surface area contributed by atoms with E-state index in [1.54, 1.807) is 12.1 Å². The summed E-state index contributed by atoms with van der Waals surface area (Å²) in [5.74, 6) is 0.977. The lowest BCUT2D eigenvalue weighted by Gasteiger charge is -2.33. The van der Waals surface area contributed by atoms with Crippen LogP contribution in [0.2, 0.25) is 0 Å². The first-order chi connectivity index (χ1) is 9.15. The molecule has 0 amide bonds. The number of nitro benzene ring substituents is 1. The molecule has 1 aromatic carbocycles. The van der Waals surface area contributed by atoms with Crippen molar-refractivity contribution in [2.75, 3.05) is 23.7 Å². The van der Waals surface area contributed by atoms with Gasteiger partial charge >= 0.3 is 0 Å². The summed E-state index contributed by atoms with van der Waals surface area (Å²) in [5, 5.41) is 11.7. The first-order valence-corrected chi connectivity index (χ1v) is 7.30. The Morgan fingerprint density at radius 3 is 3.00 bits per heavy atom. The minimum Gasteiger partial charge on any atom is -0.364 e. The van der Waals surface area contributed by atoms with E-state index in [-0.39, 0.29) is 5.69 Å². The molecule has 1 aromatic rings. The van der Waals surface area contributed by atoms with Gasteiger partial charge in [0.1, 0.15) is 12.0 Å². The van der Waals surface area contributed by atoms with Gasteiger partial charge in [-0.15, -0.1) is 0 Å². The van der Waals surface area contributed by atoms with E-state index < -0.39 is 4.92 Å². The molecular formula is C13H16N2O3S. The lowest BCUT2D eigenvalue weighted by molar-refractivity contribution is -0.384. The first kappa shape index (κ1) is 13.9. The number of hydrogen-bond donors (Lipinski definition) is 0. The fourth-order valence-corrected chi connectivity index (χ4v) is 3.39. The van der Waals surface area contributed by atoms with E-state index in [4.69, 9.17) is 0 Å². The molecule has 102 valence electrons. The average molecular weight is 280 g/mol. The molecule has 1 unspecified atom stereocenters. The predicted molar refractivity (Wildman–Crippen MR) is 77.2 cm³/mol. The summed E-state index contributed by atoms with van der Waals surface area (Å²) in [7, 11) is 0. The van der Waals surface area contributed by atoms with Crippen molar-refractivity contribution in [1.29, 1.82) is 0 Å². The number of aldehydes is 1. The van der Waals surface area contributed by atoms with Gasteiger partial charge in [-0.1, -0.05) is 6.92 Å². The monoisotopic (exact) mass is 280 g/mol. The molecule has 1 aliphatic heterocycles. The zero-order valence-electron chi connectivity index (χ0n) is 10.7. The van der Waals surface area contributed by atoms with Crippen molar-refractivity contribution < 1.29 is 9.72 Å². The zero-order chi connectivity index (χ0) is 13.8. The minimum absolute atomic E-state index is 0.0198. The third kappa shape index (κ3) is 3.07. The number of anilines is 1. The minimum atomic E-state index is -0.412. The Morgan fingerprint density at radius 1 is 1.58 bits per heavy atom. The van der Waals surface area contributed by atoms with Gasteiger partial charge in [0.15, 0.2) is 0 Å². The average Bonchev–Trinajstić information content (AvgIpc) is 2.46. The van der Waals surface area contributed by atoms with E-state index in [0.29, 0.717) is 22.8 Å². The fourth-order valence-electron chi connectivity index (χ4n) is 2.21. The van der Waals surface area contributed by atoms with E-state index in [9.17, 15) is 14.9 Å². The summed E-state index contributed by atoms with van der Waals surface area (Å²) in [6.07, 6.45) is 1.69. The van der Waals surface area contributed by atoms with Crippen molar-refractivity contribution in [2.24, 2.45) is 0 Å². The van der Waals surface area contributed by atoms with Gasteiger partial charge in [-0.3, -0.25) is 14.9 Å². The van der Waals surface area contributed by atoms with Gasteiger partial charge in [-0.05, 0) is 18.6 Å². The normalized spacial score (nSPS) is 19.2. The maximum Gasteiger partial charge on any atom is 0.293 e. The number of hydrogen-bond acceptors (Lipinski definition) is 5. The number of carbonyl (C=O) groups excluding carboxylic acids is 1. The van der Waals surface area contributed by atoms with Crippen LogP contribution in [-0.4, -0.2) is 35.3 Å². The molecule has 0 bridgehead atoms. The van der Waals surface area contributed by atoms with E-state index >= 15 is 0 Å². The van der Waals surface area contributed by atoms with Crippen molar-refractivity contribution in [1.82, 2.24) is 0 Å². The smallest absolute Gasteiger partial charge is 0.293 e. The Kier molecular flexibility index (Phi) is 4.42. The van der Waals surface area contributed by atoms with Crippen molar-refractivity contribution in [3.63, 3.8) is 0 Å². The molecule has 1 fully saturated rings. The standard InChI is InChI=1S/C13H16N2O3S/c1-2-11-8-14(5-6-19-11)12-4-3-10(9-16)7-13(12)15(17)18/h3-4,7,9,11H,2,5-6,8H2,1H3. The van der Waals surface area contributed by atoms with Crippen LogP contribution in [0.3, 0.4) is 0 Å². The summed E-state index contributed by atoms with van der Waals surface area (Å²) in [6, 6.07) is 4.67. The first-order valence-electron chi connectivity index (χ1n) is 6.26. The second-order valence-electron chi connectivity index (χ2n) is 4.47. The Bertz CT molecular complexity index is 493. The van der Waals surface area contributed by atoms with Crippen molar-refractivity contribution in [2.45, 2.75) is 18.6 Å². The van der Waals surface area contributed by atoms with Crippen molar-refractivity contribution >= 4 is 29.4 Å². The highest BCUT2D eigenvalue weighted by Gasteiger charge is 2.25. The van der Waals surface area contributed by atoms with Crippen LogP contribution in [0.25, 0.3) is 0 Å². The number of carbonyl (C=O) groups is 1. The number of rotatable bonds is 4. The molecule has 1 saturated heterocycles. The third-order valence-corrected chi connectivity index (χ3v) is 4.64.